The van der Waals surface area contributed by atoms with Crippen LogP contribution in [0, 0.1) is 0 Å². The van der Waals surface area contributed by atoms with Crippen molar-refractivity contribution >= 4 is 33.1 Å². The van der Waals surface area contributed by atoms with Crippen LogP contribution < -0.4 is 14.5 Å². The summed E-state index contributed by atoms with van der Waals surface area (Å²) in [6.07, 6.45) is -7.50. The maximum absolute atomic E-state index is 13.3. The van der Waals surface area contributed by atoms with E-state index in [1.165, 1.54) is 0 Å². The first kappa shape index (κ1) is 19.7. The molecule has 5 atom stereocenters. The van der Waals surface area contributed by atoms with Gasteiger partial charge in [-0.15, -0.1) is 0 Å². The fourth-order valence-corrected chi connectivity index (χ4v) is 4.55. The second-order valence-corrected chi connectivity index (χ2v) is 7.93. The van der Waals surface area contributed by atoms with E-state index in [0.29, 0.717) is 33.5 Å². The van der Waals surface area contributed by atoms with Crippen molar-refractivity contribution < 1.29 is 44.3 Å². The summed E-state index contributed by atoms with van der Waals surface area (Å²) in [5.74, 6) is 0.456. The highest BCUT2D eigenvalue weighted by Crippen LogP contribution is 2.51. The largest absolute Gasteiger partial charge is 0.454 e. The van der Waals surface area contributed by atoms with Crippen LogP contribution in [-0.2, 0) is 9.57 Å². The number of carbonyl (C=O) groups excluding carboxylic acids is 1. The van der Waals surface area contributed by atoms with Crippen LogP contribution in [0.4, 0.5) is 5.69 Å². The SMILES string of the molecule is O=C1c2cc3c(c4c2c(cc2ccccc24)N1O[C@@H]1O[C@H](CO)[C@@H](O)[C@H](O)[C@H]1O)OCO3. The smallest absolute Gasteiger partial charge is 0.283 e. The summed E-state index contributed by atoms with van der Waals surface area (Å²) < 4.78 is 16.7. The summed E-state index contributed by atoms with van der Waals surface area (Å²) in [6, 6.07) is 10.9. The molecule has 1 saturated heterocycles. The second-order valence-electron chi connectivity index (χ2n) is 7.93. The van der Waals surface area contributed by atoms with E-state index in [9.17, 15) is 25.2 Å². The topological polar surface area (TPSA) is 138 Å². The van der Waals surface area contributed by atoms with E-state index in [4.69, 9.17) is 19.0 Å². The molecule has 0 bridgehead atoms. The number of hydrogen-bond donors (Lipinski definition) is 4. The lowest BCUT2D eigenvalue weighted by atomic mass is 9.97. The van der Waals surface area contributed by atoms with Gasteiger partial charge in [0.2, 0.25) is 13.1 Å². The molecule has 3 heterocycles. The van der Waals surface area contributed by atoms with Crippen LogP contribution in [-0.4, -0.2) is 70.4 Å². The second kappa shape index (κ2) is 7.01. The van der Waals surface area contributed by atoms with Crippen LogP contribution >= 0.6 is 0 Å². The molecule has 32 heavy (non-hydrogen) atoms. The molecule has 3 aliphatic rings. The molecule has 6 rings (SSSR count). The summed E-state index contributed by atoms with van der Waals surface area (Å²) in [6.45, 7) is -0.563. The van der Waals surface area contributed by atoms with Crippen molar-refractivity contribution in [1.29, 1.82) is 0 Å². The lowest BCUT2D eigenvalue weighted by molar-refractivity contribution is -0.301. The Hall–Kier alpha value is -2.99. The molecule has 0 aliphatic carbocycles. The van der Waals surface area contributed by atoms with Crippen molar-refractivity contribution in [2.24, 2.45) is 0 Å². The van der Waals surface area contributed by atoms with Gasteiger partial charge in [0.25, 0.3) is 5.91 Å². The number of rotatable bonds is 3. The van der Waals surface area contributed by atoms with Gasteiger partial charge >= 0.3 is 0 Å². The van der Waals surface area contributed by atoms with E-state index in [-0.39, 0.29) is 6.79 Å². The predicted octanol–water partition coefficient (Wildman–Crippen LogP) is 0.413. The van der Waals surface area contributed by atoms with Gasteiger partial charge < -0.3 is 34.6 Å². The highest BCUT2D eigenvalue weighted by atomic mass is 16.8. The zero-order valence-corrected chi connectivity index (χ0v) is 16.5. The van der Waals surface area contributed by atoms with Crippen LogP contribution in [0.5, 0.6) is 11.5 Å². The van der Waals surface area contributed by atoms with Crippen LogP contribution in [0.25, 0.3) is 21.5 Å². The Labute approximate surface area is 180 Å². The molecular formula is C22H19NO9. The fraction of sp³-hybridized carbons (Fsp3) is 0.318. The summed E-state index contributed by atoms with van der Waals surface area (Å²) in [5.41, 5.74) is 0.739. The van der Waals surface area contributed by atoms with E-state index in [2.05, 4.69) is 0 Å². The minimum atomic E-state index is -1.66. The standard InChI is InChI=1S/C22H19NO9/c24-7-14-17(25)18(26)19(27)22(31-14)32-23-12-5-9-3-1-2-4-10(9)16-15(12)11(21(23)28)6-13-20(16)30-8-29-13/h1-6,14,17-19,22,24-27H,7-8H2/t14-,17-,18+,19-,22+/m1/s1. The Morgan fingerprint density at radius 1 is 1.03 bits per heavy atom. The Morgan fingerprint density at radius 2 is 1.84 bits per heavy atom. The van der Waals surface area contributed by atoms with E-state index < -0.39 is 43.2 Å². The van der Waals surface area contributed by atoms with Gasteiger partial charge in [-0.25, -0.2) is 4.84 Å². The number of anilines is 1. The number of benzene rings is 3. The summed E-state index contributed by atoms with van der Waals surface area (Å²) in [4.78, 5) is 19.1. The molecule has 10 nitrogen and oxygen atoms in total. The molecule has 3 aromatic rings. The lowest BCUT2D eigenvalue weighted by Crippen LogP contribution is -2.60. The molecule has 0 saturated carbocycles. The number of hydrogen-bond acceptors (Lipinski definition) is 9. The van der Waals surface area contributed by atoms with E-state index in [1.54, 1.807) is 12.1 Å². The third-order valence-corrected chi connectivity index (χ3v) is 6.13. The summed E-state index contributed by atoms with van der Waals surface area (Å²) in [5, 5.41) is 43.9. The third-order valence-electron chi connectivity index (χ3n) is 6.13. The molecule has 1 fully saturated rings. The number of aliphatic hydroxyl groups excluding tert-OH is 4. The first-order chi connectivity index (χ1) is 15.5. The van der Waals surface area contributed by atoms with Gasteiger partial charge in [-0.1, -0.05) is 24.3 Å². The molecule has 1 amide bonds. The number of carbonyl (C=O) groups is 1. The van der Waals surface area contributed by atoms with Gasteiger partial charge in [0.15, 0.2) is 11.5 Å². The average molecular weight is 441 g/mol. The lowest BCUT2D eigenvalue weighted by Gasteiger charge is -2.40. The molecule has 3 aromatic carbocycles. The van der Waals surface area contributed by atoms with Gasteiger partial charge in [0, 0.05) is 10.8 Å². The molecule has 3 aliphatic heterocycles. The quantitative estimate of drug-likeness (QED) is 0.426. The maximum Gasteiger partial charge on any atom is 0.283 e. The van der Waals surface area contributed by atoms with Gasteiger partial charge in [0.05, 0.1) is 17.9 Å². The zero-order chi connectivity index (χ0) is 22.1. The number of amides is 1. The minimum Gasteiger partial charge on any atom is -0.454 e. The van der Waals surface area contributed by atoms with Crippen molar-refractivity contribution in [3.63, 3.8) is 0 Å². The van der Waals surface area contributed by atoms with Crippen LogP contribution in [0.15, 0.2) is 36.4 Å². The highest BCUT2D eigenvalue weighted by Gasteiger charge is 2.47. The van der Waals surface area contributed by atoms with Crippen molar-refractivity contribution in [2.75, 3.05) is 18.5 Å². The normalized spacial score (nSPS) is 28.8. The number of ether oxygens (including phenoxy) is 3. The van der Waals surface area contributed by atoms with Crippen molar-refractivity contribution in [3.8, 4) is 11.5 Å². The molecule has 4 N–H and O–H groups in total. The molecule has 0 aromatic heterocycles. The highest BCUT2D eigenvalue weighted by molar-refractivity contribution is 6.30. The molecule has 0 radical (unpaired) electrons. The Kier molecular flexibility index (Phi) is 4.31. The first-order valence-electron chi connectivity index (χ1n) is 10.1. The van der Waals surface area contributed by atoms with Gasteiger partial charge in [-0.2, -0.15) is 5.06 Å². The number of hydroxylamine groups is 1. The Bertz CT molecular complexity index is 1260. The van der Waals surface area contributed by atoms with Crippen molar-refractivity contribution in [3.05, 3.63) is 42.0 Å². The minimum absolute atomic E-state index is 0.0473. The predicted molar refractivity (Wildman–Crippen MR) is 109 cm³/mol. The van der Waals surface area contributed by atoms with Gasteiger partial charge in [0.1, 0.15) is 24.4 Å². The van der Waals surface area contributed by atoms with Crippen molar-refractivity contribution in [1.82, 2.24) is 0 Å². The first-order valence-corrected chi connectivity index (χ1v) is 10.1. The van der Waals surface area contributed by atoms with E-state index in [1.807, 2.05) is 24.3 Å². The average Bonchev–Trinajstić information content (AvgIpc) is 3.38. The maximum atomic E-state index is 13.3. The van der Waals surface area contributed by atoms with Crippen molar-refractivity contribution in [2.45, 2.75) is 30.7 Å². The Balaban J connectivity index is 1.49. The molecule has 0 unspecified atom stereocenters. The number of nitrogens with zero attached hydrogens (tertiary/aromatic N) is 1. The summed E-state index contributed by atoms with van der Waals surface area (Å²) >= 11 is 0. The fourth-order valence-electron chi connectivity index (χ4n) is 4.55. The van der Waals surface area contributed by atoms with Crippen LogP contribution in [0.2, 0.25) is 0 Å². The van der Waals surface area contributed by atoms with Gasteiger partial charge in [-0.05, 0) is 22.9 Å². The Morgan fingerprint density at radius 3 is 2.66 bits per heavy atom. The third kappa shape index (κ3) is 2.59. The van der Waals surface area contributed by atoms with E-state index >= 15 is 0 Å². The number of fused-ring (bicyclic) bond motifs is 4. The summed E-state index contributed by atoms with van der Waals surface area (Å²) in [7, 11) is 0. The molecule has 10 heteroatoms. The van der Waals surface area contributed by atoms with Crippen LogP contribution in [0.1, 0.15) is 10.4 Å². The monoisotopic (exact) mass is 441 g/mol. The van der Waals surface area contributed by atoms with Gasteiger partial charge in [-0.3, -0.25) is 4.79 Å². The number of aliphatic hydroxyl groups is 4. The molecule has 0 spiro atoms. The van der Waals surface area contributed by atoms with E-state index in [0.717, 1.165) is 15.8 Å². The van der Waals surface area contributed by atoms with Crippen LogP contribution in [0.3, 0.4) is 0 Å². The molecular weight excluding hydrogens is 422 g/mol. The molecule has 166 valence electrons. The zero-order valence-electron chi connectivity index (χ0n) is 16.5.